The number of nitriles is 1. The molecule has 0 N–H and O–H groups in total. The average molecular weight is 365 g/mol. The van der Waals surface area contributed by atoms with Gasteiger partial charge < -0.3 is 9.64 Å². The highest BCUT2D eigenvalue weighted by molar-refractivity contribution is 5.71. The first-order chi connectivity index (χ1) is 13.2. The van der Waals surface area contributed by atoms with E-state index in [-0.39, 0.29) is 13.0 Å². The Balaban J connectivity index is 1.93. The van der Waals surface area contributed by atoms with Crippen molar-refractivity contribution in [2.75, 3.05) is 24.6 Å². The number of esters is 1. The molecule has 0 aliphatic rings. The average Bonchev–Trinajstić information content (AvgIpc) is 2.71. The van der Waals surface area contributed by atoms with Gasteiger partial charge in [-0.15, -0.1) is 4.91 Å². The third-order valence-electron chi connectivity index (χ3n) is 3.68. The molecule has 0 radical (unpaired) electrons. The third kappa shape index (κ3) is 6.32. The van der Waals surface area contributed by atoms with Crippen molar-refractivity contribution < 1.29 is 9.53 Å². The molecular formula is C19H19N5O3. The molecule has 0 bridgehead atoms. The molecule has 2 aromatic rings. The van der Waals surface area contributed by atoms with Gasteiger partial charge in [0.2, 0.25) is 0 Å². The summed E-state index contributed by atoms with van der Waals surface area (Å²) in [6.07, 6.45) is -0.236. The standard InChI is InChI=1S/C19H19N5O3/c1-2-24(13-14-27-19(25)11-12-20)18-9-7-16(8-10-18)22-21-15-3-5-17(23-26)6-4-15/h3-10H,2,11,13-14H2,1H3/b22-21+. The molecular weight excluding hydrogens is 346 g/mol. The van der Waals surface area contributed by atoms with Crippen LogP contribution in [0.5, 0.6) is 0 Å². The maximum atomic E-state index is 11.2. The molecule has 8 heteroatoms. The Labute approximate surface area is 157 Å². The molecule has 0 atom stereocenters. The largest absolute Gasteiger partial charge is 0.463 e. The van der Waals surface area contributed by atoms with E-state index in [0.717, 1.165) is 12.2 Å². The quantitative estimate of drug-likeness (QED) is 0.361. The van der Waals surface area contributed by atoms with Gasteiger partial charge in [0.25, 0.3) is 0 Å². The number of anilines is 1. The lowest BCUT2D eigenvalue weighted by Crippen LogP contribution is -2.27. The summed E-state index contributed by atoms with van der Waals surface area (Å²) in [7, 11) is 0. The van der Waals surface area contributed by atoms with Gasteiger partial charge in [-0.25, -0.2) is 0 Å². The summed E-state index contributed by atoms with van der Waals surface area (Å²) < 4.78 is 5.00. The number of ether oxygens (including phenoxy) is 1. The molecule has 27 heavy (non-hydrogen) atoms. The molecule has 0 amide bonds. The Hall–Kier alpha value is -3.60. The van der Waals surface area contributed by atoms with Gasteiger partial charge in [0.1, 0.15) is 18.7 Å². The SMILES string of the molecule is CCN(CCOC(=O)CC#N)c1ccc(/N=N/c2ccc(N=O)cc2)cc1. The maximum Gasteiger partial charge on any atom is 0.320 e. The van der Waals surface area contributed by atoms with Crippen LogP contribution in [0, 0.1) is 16.2 Å². The zero-order chi connectivity index (χ0) is 19.5. The van der Waals surface area contributed by atoms with Gasteiger partial charge in [-0.2, -0.15) is 15.5 Å². The van der Waals surface area contributed by atoms with Crippen LogP contribution in [-0.2, 0) is 9.53 Å². The number of rotatable bonds is 9. The number of hydrogen-bond donors (Lipinski definition) is 0. The number of azo groups is 1. The normalized spacial score (nSPS) is 10.4. The van der Waals surface area contributed by atoms with Gasteiger partial charge in [-0.1, -0.05) is 0 Å². The number of carbonyl (C=O) groups is 1. The number of carbonyl (C=O) groups excluding carboxylic acids is 1. The van der Waals surface area contributed by atoms with Crippen molar-refractivity contribution >= 4 is 28.7 Å². The number of hydrogen-bond acceptors (Lipinski definition) is 8. The van der Waals surface area contributed by atoms with E-state index in [0.29, 0.717) is 23.6 Å². The molecule has 0 aliphatic carbocycles. The first-order valence-electron chi connectivity index (χ1n) is 8.39. The zero-order valence-corrected chi connectivity index (χ0v) is 14.9. The van der Waals surface area contributed by atoms with E-state index in [2.05, 4.69) is 15.4 Å². The van der Waals surface area contributed by atoms with Gasteiger partial charge in [-0.3, -0.25) is 4.79 Å². The van der Waals surface area contributed by atoms with E-state index in [1.54, 1.807) is 30.3 Å². The molecule has 2 rings (SSSR count). The van der Waals surface area contributed by atoms with Crippen molar-refractivity contribution in [1.29, 1.82) is 5.26 Å². The number of nitroso groups, excluding NO2 is 1. The highest BCUT2D eigenvalue weighted by atomic mass is 16.5. The van der Waals surface area contributed by atoms with Gasteiger partial charge in [-0.05, 0) is 60.6 Å². The van der Waals surface area contributed by atoms with Crippen molar-refractivity contribution in [3.05, 3.63) is 53.4 Å². The van der Waals surface area contributed by atoms with Crippen molar-refractivity contribution in [2.24, 2.45) is 15.4 Å². The van der Waals surface area contributed by atoms with Crippen LogP contribution in [0.15, 0.2) is 63.9 Å². The Bertz CT molecular complexity index is 826. The molecule has 0 saturated heterocycles. The Morgan fingerprint density at radius 2 is 1.59 bits per heavy atom. The van der Waals surface area contributed by atoms with Crippen LogP contribution in [0.25, 0.3) is 0 Å². The fourth-order valence-corrected chi connectivity index (χ4v) is 2.28. The van der Waals surface area contributed by atoms with Gasteiger partial charge in [0.05, 0.1) is 24.0 Å². The fourth-order valence-electron chi connectivity index (χ4n) is 2.28. The second kappa shape index (κ2) is 10.4. The predicted molar refractivity (Wildman–Crippen MR) is 102 cm³/mol. The predicted octanol–water partition coefficient (Wildman–Crippen LogP) is 4.78. The van der Waals surface area contributed by atoms with Gasteiger partial charge >= 0.3 is 5.97 Å². The molecule has 0 fully saturated rings. The van der Waals surface area contributed by atoms with Crippen LogP contribution in [0.3, 0.4) is 0 Å². The zero-order valence-electron chi connectivity index (χ0n) is 14.9. The lowest BCUT2D eigenvalue weighted by molar-refractivity contribution is -0.142. The highest BCUT2D eigenvalue weighted by Gasteiger charge is 2.07. The first kappa shape index (κ1) is 19.7. The smallest absolute Gasteiger partial charge is 0.320 e. The third-order valence-corrected chi connectivity index (χ3v) is 3.68. The molecule has 8 nitrogen and oxygen atoms in total. The Kier molecular flexibility index (Phi) is 7.60. The summed E-state index contributed by atoms with van der Waals surface area (Å²) in [6, 6.07) is 15.7. The lowest BCUT2D eigenvalue weighted by atomic mass is 10.2. The van der Waals surface area contributed by atoms with Crippen molar-refractivity contribution in [3.63, 3.8) is 0 Å². The first-order valence-corrected chi connectivity index (χ1v) is 8.39. The summed E-state index contributed by atoms with van der Waals surface area (Å²) >= 11 is 0. The van der Waals surface area contributed by atoms with Gasteiger partial charge in [0, 0.05) is 12.2 Å². The topological polar surface area (TPSA) is 107 Å². The van der Waals surface area contributed by atoms with Crippen molar-refractivity contribution in [2.45, 2.75) is 13.3 Å². The van der Waals surface area contributed by atoms with E-state index in [4.69, 9.17) is 10.00 Å². The van der Waals surface area contributed by atoms with E-state index in [1.165, 1.54) is 0 Å². The Morgan fingerprint density at radius 3 is 2.11 bits per heavy atom. The maximum absolute atomic E-state index is 11.2. The van der Waals surface area contributed by atoms with Crippen LogP contribution in [0.4, 0.5) is 22.7 Å². The second-order valence-corrected chi connectivity index (χ2v) is 5.46. The van der Waals surface area contributed by atoms with Gasteiger partial charge in [0.15, 0.2) is 0 Å². The van der Waals surface area contributed by atoms with E-state index in [1.807, 2.05) is 36.1 Å². The molecule has 0 unspecified atom stereocenters. The van der Waals surface area contributed by atoms with E-state index >= 15 is 0 Å². The van der Waals surface area contributed by atoms with Crippen LogP contribution < -0.4 is 4.90 Å². The molecule has 0 saturated carbocycles. The minimum absolute atomic E-state index is 0.224. The molecule has 0 spiro atoms. The Morgan fingerprint density at radius 1 is 1.04 bits per heavy atom. The number of benzene rings is 2. The fraction of sp³-hybridized carbons (Fsp3) is 0.263. The summed E-state index contributed by atoms with van der Waals surface area (Å²) in [4.78, 5) is 23.7. The molecule has 138 valence electrons. The van der Waals surface area contributed by atoms with Crippen LogP contribution in [0.1, 0.15) is 13.3 Å². The minimum Gasteiger partial charge on any atom is -0.463 e. The molecule has 0 heterocycles. The highest BCUT2D eigenvalue weighted by Crippen LogP contribution is 2.23. The number of nitrogens with zero attached hydrogens (tertiary/aromatic N) is 5. The van der Waals surface area contributed by atoms with Crippen molar-refractivity contribution in [1.82, 2.24) is 0 Å². The summed E-state index contributed by atoms with van der Waals surface area (Å²) in [5.41, 5.74) is 2.62. The van der Waals surface area contributed by atoms with Crippen LogP contribution in [-0.4, -0.2) is 25.7 Å². The lowest BCUT2D eigenvalue weighted by Gasteiger charge is -2.22. The molecule has 0 aromatic heterocycles. The number of likely N-dealkylation sites (N-methyl/N-ethyl adjacent to an activating group) is 1. The van der Waals surface area contributed by atoms with Crippen LogP contribution >= 0.6 is 0 Å². The minimum atomic E-state index is -0.513. The summed E-state index contributed by atoms with van der Waals surface area (Å²) in [5, 5.41) is 19.6. The molecule has 0 aliphatic heterocycles. The van der Waals surface area contributed by atoms with E-state index in [9.17, 15) is 9.70 Å². The van der Waals surface area contributed by atoms with Crippen molar-refractivity contribution in [3.8, 4) is 6.07 Å². The van der Waals surface area contributed by atoms with E-state index < -0.39 is 5.97 Å². The summed E-state index contributed by atoms with van der Waals surface area (Å²) in [6.45, 7) is 3.50. The second-order valence-electron chi connectivity index (χ2n) is 5.46. The summed E-state index contributed by atoms with van der Waals surface area (Å²) in [5.74, 6) is -0.513. The van der Waals surface area contributed by atoms with Crippen LogP contribution in [0.2, 0.25) is 0 Å². The monoisotopic (exact) mass is 365 g/mol. The molecule has 2 aromatic carbocycles.